The molecule has 0 spiro atoms. The molecule has 0 heterocycles. The molecule has 1 N–H and O–H groups in total. The van der Waals surface area contributed by atoms with Crippen molar-refractivity contribution < 1.29 is 9.53 Å². The van der Waals surface area contributed by atoms with Gasteiger partial charge >= 0.3 is 0 Å². The molecular formula is C20H23NO2. The fraction of sp³-hybridized carbons (Fsp3) is 0.350. The first kappa shape index (κ1) is 15.6. The molecule has 0 fully saturated rings. The molecule has 2 aromatic rings. The number of nitrogens with one attached hydrogen (secondary N) is 1. The van der Waals surface area contributed by atoms with Crippen LogP contribution in [0.15, 0.2) is 48.5 Å². The Morgan fingerprint density at radius 1 is 1.22 bits per heavy atom. The van der Waals surface area contributed by atoms with E-state index in [4.69, 9.17) is 4.74 Å². The van der Waals surface area contributed by atoms with E-state index in [0.717, 1.165) is 25.0 Å². The van der Waals surface area contributed by atoms with Gasteiger partial charge in [0.25, 0.3) is 0 Å². The molecule has 0 bridgehead atoms. The molecule has 0 saturated carbocycles. The lowest BCUT2D eigenvalue weighted by Crippen LogP contribution is -2.36. The summed E-state index contributed by atoms with van der Waals surface area (Å²) >= 11 is 0. The third-order valence-electron chi connectivity index (χ3n) is 4.64. The van der Waals surface area contributed by atoms with Crippen molar-refractivity contribution in [2.45, 2.75) is 32.2 Å². The molecule has 0 saturated heterocycles. The number of benzene rings is 2. The van der Waals surface area contributed by atoms with Gasteiger partial charge in [-0.3, -0.25) is 4.79 Å². The highest BCUT2D eigenvalue weighted by Gasteiger charge is 2.30. The van der Waals surface area contributed by atoms with Gasteiger partial charge in [-0.2, -0.15) is 0 Å². The van der Waals surface area contributed by atoms with E-state index in [0.29, 0.717) is 5.92 Å². The van der Waals surface area contributed by atoms with Crippen LogP contribution in [0.5, 0.6) is 5.75 Å². The molecule has 0 aliphatic heterocycles. The average molecular weight is 309 g/mol. The molecule has 2 atom stereocenters. The van der Waals surface area contributed by atoms with Gasteiger partial charge in [0.15, 0.2) is 0 Å². The van der Waals surface area contributed by atoms with E-state index in [1.807, 2.05) is 12.1 Å². The average Bonchev–Trinajstić information content (AvgIpc) is 2.57. The topological polar surface area (TPSA) is 38.3 Å². The van der Waals surface area contributed by atoms with Gasteiger partial charge < -0.3 is 10.1 Å². The number of hydrogen-bond acceptors (Lipinski definition) is 2. The minimum Gasteiger partial charge on any atom is -0.497 e. The normalized spacial score (nSPS) is 19.7. The van der Waals surface area contributed by atoms with E-state index >= 15 is 0 Å². The smallest absolute Gasteiger partial charge is 0.217 e. The SMILES string of the molecule is COc1cccc(CC2CCc3ccccc3C2NC(C)=O)c1. The monoisotopic (exact) mass is 309 g/mol. The summed E-state index contributed by atoms with van der Waals surface area (Å²) in [7, 11) is 1.69. The fourth-order valence-corrected chi connectivity index (χ4v) is 3.56. The molecular weight excluding hydrogens is 286 g/mol. The van der Waals surface area contributed by atoms with E-state index in [1.54, 1.807) is 14.0 Å². The van der Waals surface area contributed by atoms with Crippen molar-refractivity contribution in [1.29, 1.82) is 0 Å². The van der Waals surface area contributed by atoms with Crippen LogP contribution in [0, 0.1) is 5.92 Å². The van der Waals surface area contributed by atoms with Crippen LogP contribution in [0.25, 0.3) is 0 Å². The number of rotatable bonds is 4. The molecule has 0 radical (unpaired) electrons. The Hall–Kier alpha value is -2.29. The number of carbonyl (C=O) groups is 1. The highest BCUT2D eigenvalue weighted by Crippen LogP contribution is 2.36. The van der Waals surface area contributed by atoms with Gasteiger partial charge in [0, 0.05) is 6.92 Å². The summed E-state index contributed by atoms with van der Waals surface area (Å²) in [6.07, 6.45) is 3.09. The first-order valence-corrected chi connectivity index (χ1v) is 8.15. The Bertz CT molecular complexity index is 696. The molecule has 2 aromatic carbocycles. The summed E-state index contributed by atoms with van der Waals surface area (Å²) in [6, 6.07) is 16.7. The van der Waals surface area contributed by atoms with Gasteiger partial charge in [-0.15, -0.1) is 0 Å². The van der Waals surface area contributed by atoms with Gasteiger partial charge in [-0.25, -0.2) is 0 Å². The molecule has 3 nitrogen and oxygen atoms in total. The number of carbonyl (C=O) groups excluding carboxylic acids is 1. The van der Waals surface area contributed by atoms with E-state index in [1.165, 1.54) is 16.7 Å². The van der Waals surface area contributed by atoms with E-state index in [2.05, 4.69) is 41.7 Å². The van der Waals surface area contributed by atoms with Crippen LogP contribution in [0.1, 0.15) is 36.1 Å². The molecule has 23 heavy (non-hydrogen) atoms. The third kappa shape index (κ3) is 3.55. The number of methoxy groups -OCH3 is 1. The first-order valence-electron chi connectivity index (χ1n) is 8.15. The number of hydrogen-bond donors (Lipinski definition) is 1. The van der Waals surface area contributed by atoms with Crippen LogP contribution in [0.4, 0.5) is 0 Å². The summed E-state index contributed by atoms with van der Waals surface area (Å²) in [4.78, 5) is 11.7. The predicted octanol–water partition coefficient (Wildman–Crippen LogP) is 3.68. The lowest BCUT2D eigenvalue weighted by Gasteiger charge is -2.34. The standard InChI is InChI=1S/C20H23NO2/c1-14(22)21-20-17(11-10-16-7-3-4-9-19(16)20)12-15-6-5-8-18(13-15)23-2/h3-9,13,17,20H,10-12H2,1-2H3,(H,21,22). The van der Waals surface area contributed by atoms with Crippen molar-refractivity contribution >= 4 is 5.91 Å². The molecule has 1 aliphatic carbocycles. The summed E-state index contributed by atoms with van der Waals surface area (Å²) < 4.78 is 5.32. The molecule has 0 aromatic heterocycles. The van der Waals surface area contributed by atoms with Gasteiger partial charge in [0.2, 0.25) is 5.91 Å². The molecule has 2 unspecified atom stereocenters. The maximum atomic E-state index is 11.7. The highest BCUT2D eigenvalue weighted by atomic mass is 16.5. The Morgan fingerprint density at radius 3 is 2.83 bits per heavy atom. The van der Waals surface area contributed by atoms with Crippen LogP contribution in [-0.2, 0) is 17.6 Å². The summed E-state index contributed by atoms with van der Waals surface area (Å²) in [5.74, 6) is 1.32. The van der Waals surface area contributed by atoms with Gasteiger partial charge in [-0.05, 0) is 54.0 Å². The summed E-state index contributed by atoms with van der Waals surface area (Å²) in [5.41, 5.74) is 3.87. The highest BCUT2D eigenvalue weighted by molar-refractivity contribution is 5.73. The van der Waals surface area contributed by atoms with Crippen LogP contribution in [0.2, 0.25) is 0 Å². The Morgan fingerprint density at radius 2 is 2.04 bits per heavy atom. The Kier molecular flexibility index (Phi) is 4.65. The lowest BCUT2D eigenvalue weighted by atomic mass is 9.77. The second-order valence-electron chi connectivity index (χ2n) is 6.23. The zero-order valence-corrected chi connectivity index (χ0v) is 13.7. The number of amides is 1. The quantitative estimate of drug-likeness (QED) is 0.935. The van der Waals surface area contributed by atoms with Crippen LogP contribution in [-0.4, -0.2) is 13.0 Å². The van der Waals surface area contributed by atoms with Gasteiger partial charge in [-0.1, -0.05) is 36.4 Å². The first-order chi connectivity index (χ1) is 11.2. The largest absolute Gasteiger partial charge is 0.497 e. The second kappa shape index (κ2) is 6.86. The van der Waals surface area contributed by atoms with Gasteiger partial charge in [0.1, 0.15) is 5.75 Å². The molecule has 3 heteroatoms. The minimum atomic E-state index is 0.0299. The maximum absolute atomic E-state index is 11.7. The molecule has 3 rings (SSSR count). The molecule has 1 amide bonds. The number of ether oxygens (including phenoxy) is 1. The van der Waals surface area contributed by atoms with Gasteiger partial charge in [0.05, 0.1) is 13.2 Å². The van der Waals surface area contributed by atoms with E-state index < -0.39 is 0 Å². The van der Waals surface area contributed by atoms with Crippen molar-refractivity contribution in [1.82, 2.24) is 5.32 Å². The van der Waals surface area contributed by atoms with Crippen LogP contribution in [0.3, 0.4) is 0 Å². The van der Waals surface area contributed by atoms with Crippen molar-refractivity contribution in [2.75, 3.05) is 7.11 Å². The number of aryl methyl sites for hydroxylation is 1. The van der Waals surface area contributed by atoms with Crippen molar-refractivity contribution in [2.24, 2.45) is 5.92 Å². The van der Waals surface area contributed by atoms with Crippen LogP contribution < -0.4 is 10.1 Å². The zero-order chi connectivity index (χ0) is 16.2. The minimum absolute atomic E-state index is 0.0299. The van der Waals surface area contributed by atoms with E-state index in [-0.39, 0.29) is 11.9 Å². The van der Waals surface area contributed by atoms with Crippen molar-refractivity contribution in [3.63, 3.8) is 0 Å². The van der Waals surface area contributed by atoms with Crippen molar-refractivity contribution in [3.8, 4) is 5.75 Å². The predicted molar refractivity (Wildman–Crippen MR) is 91.5 cm³/mol. The third-order valence-corrected chi connectivity index (χ3v) is 4.64. The molecule has 120 valence electrons. The zero-order valence-electron chi connectivity index (χ0n) is 13.7. The number of fused-ring (bicyclic) bond motifs is 1. The second-order valence-corrected chi connectivity index (χ2v) is 6.23. The Labute approximate surface area is 137 Å². The van der Waals surface area contributed by atoms with Crippen molar-refractivity contribution in [3.05, 3.63) is 65.2 Å². The van der Waals surface area contributed by atoms with E-state index in [9.17, 15) is 4.79 Å². The van der Waals surface area contributed by atoms with Crippen LogP contribution >= 0.6 is 0 Å². The summed E-state index contributed by atoms with van der Waals surface area (Å²) in [5, 5.41) is 3.17. The summed E-state index contributed by atoms with van der Waals surface area (Å²) in [6.45, 7) is 1.60. The Balaban J connectivity index is 1.86. The lowest BCUT2D eigenvalue weighted by molar-refractivity contribution is -0.120. The molecule has 1 aliphatic rings. The fourth-order valence-electron chi connectivity index (χ4n) is 3.56. The maximum Gasteiger partial charge on any atom is 0.217 e.